The van der Waals surface area contributed by atoms with E-state index in [1.807, 2.05) is 0 Å². The van der Waals surface area contributed by atoms with Gasteiger partial charge in [-0.3, -0.25) is 4.68 Å². The molecule has 1 aromatic rings. The number of nitrogens with zero attached hydrogens (tertiary/aromatic N) is 3. The average molecular weight is 211 g/mol. The van der Waals surface area contributed by atoms with Crippen molar-refractivity contribution in [3.05, 3.63) is 11.9 Å². The molecular weight excluding hydrogens is 198 g/mol. The molecule has 6 heteroatoms. The summed E-state index contributed by atoms with van der Waals surface area (Å²) in [6, 6.07) is 0. The largest absolute Gasteiger partial charge is 0.464 e. The van der Waals surface area contributed by atoms with Crippen molar-refractivity contribution in [2.75, 3.05) is 20.3 Å². The van der Waals surface area contributed by atoms with E-state index < -0.39 is 5.97 Å². The van der Waals surface area contributed by atoms with Gasteiger partial charge in [0, 0.05) is 5.41 Å². The van der Waals surface area contributed by atoms with Crippen molar-refractivity contribution in [3.8, 4) is 0 Å². The Labute approximate surface area is 87.2 Å². The van der Waals surface area contributed by atoms with Crippen LogP contribution >= 0.6 is 0 Å². The summed E-state index contributed by atoms with van der Waals surface area (Å²) in [5.74, 6) is -0.462. The monoisotopic (exact) mass is 211 g/mol. The predicted molar refractivity (Wildman–Crippen MR) is 50.3 cm³/mol. The summed E-state index contributed by atoms with van der Waals surface area (Å²) in [4.78, 5) is 11.1. The third-order valence-electron chi connectivity index (χ3n) is 2.38. The fraction of sp³-hybridized carbons (Fsp3) is 0.667. The number of hydrogen-bond donors (Lipinski definition) is 0. The van der Waals surface area contributed by atoms with E-state index in [-0.39, 0.29) is 11.1 Å². The average Bonchev–Trinajstić information content (AvgIpc) is 2.62. The molecule has 2 heterocycles. The van der Waals surface area contributed by atoms with Gasteiger partial charge in [-0.05, 0) is 0 Å². The molecule has 0 radical (unpaired) electrons. The fourth-order valence-electron chi connectivity index (χ4n) is 1.51. The normalized spacial score (nSPS) is 18.3. The number of methoxy groups -OCH3 is 1. The summed E-state index contributed by atoms with van der Waals surface area (Å²) >= 11 is 0. The summed E-state index contributed by atoms with van der Waals surface area (Å²) in [6.45, 7) is 4.26. The lowest BCUT2D eigenvalue weighted by Gasteiger charge is -2.37. The van der Waals surface area contributed by atoms with Crippen LogP contribution in [0.15, 0.2) is 6.20 Å². The van der Waals surface area contributed by atoms with Crippen LogP contribution in [-0.2, 0) is 16.0 Å². The highest BCUT2D eigenvalue weighted by Crippen LogP contribution is 2.28. The number of rotatable bonds is 3. The lowest BCUT2D eigenvalue weighted by atomic mass is 9.89. The van der Waals surface area contributed by atoms with Crippen molar-refractivity contribution in [2.24, 2.45) is 5.41 Å². The molecule has 1 saturated heterocycles. The van der Waals surface area contributed by atoms with Crippen molar-refractivity contribution >= 4 is 5.97 Å². The highest BCUT2D eigenvalue weighted by molar-refractivity contribution is 5.86. The Bertz CT molecular complexity index is 370. The van der Waals surface area contributed by atoms with Crippen LogP contribution in [0.25, 0.3) is 0 Å². The van der Waals surface area contributed by atoms with E-state index in [4.69, 9.17) is 4.74 Å². The first kappa shape index (κ1) is 10.1. The zero-order valence-electron chi connectivity index (χ0n) is 8.77. The van der Waals surface area contributed by atoms with Crippen LogP contribution in [0, 0.1) is 5.41 Å². The molecule has 2 rings (SSSR count). The molecule has 0 aliphatic carbocycles. The molecule has 1 aliphatic heterocycles. The second-order valence-electron chi connectivity index (χ2n) is 4.10. The first-order valence-electron chi connectivity index (χ1n) is 4.69. The Morgan fingerprint density at radius 3 is 3.00 bits per heavy atom. The first-order valence-corrected chi connectivity index (χ1v) is 4.69. The van der Waals surface area contributed by atoms with Gasteiger partial charge in [-0.25, -0.2) is 4.79 Å². The maximum atomic E-state index is 11.1. The van der Waals surface area contributed by atoms with Gasteiger partial charge >= 0.3 is 5.97 Å². The van der Waals surface area contributed by atoms with Crippen LogP contribution in [0.2, 0.25) is 0 Å². The van der Waals surface area contributed by atoms with Crippen LogP contribution in [0.1, 0.15) is 17.4 Å². The van der Waals surface area contributed by atoms with Crippen LogP contribution in [0.4, 0.5) is 0 Å². The molecule has 15 heavy (non-hydrogen) atoms. The SMILES string of the molecule is COC(=O)c1cn(CC2(C)COC2)nn1. The molecule has 1 fully saturated rings. The standard InChI is InChI=1S/C9H13N3O3/c1-9(5-15-6-9)4-12-3-7(10-11-12)8(13)14-2/h3H,4-6H2,1-2H3. The second kappa shape index (κ2) is 3.62. The van der Waals surface area contributed by atoms with Crippen molar-refractivity contribution in [2.45, 2.75) is 13.5 Å². The molecule has 0 bridgehead atoms. The van der Waals surface area contributed by atoms with Gasteiger partial charge < -0.3 is 9.47 Å². The van der Waals surface area contributed by atoms with Crippen molar-refractivity contribution in [1.82, 2.24) is 15.0 Å². The van der Waals surface area contributed by atoms with E-state index in [0.29, 0.717) is 6.54 Å². The van der Waals surface area contributed by atoms with E-state index in [2.05, 4.69) is 22.0 Å². The van der Waals surface area contributed by atoms with Gasteiger partial charge in [0.25, 0.3) is 0 Å². The molecule has 0 aromatic carbocycles. The Hall–Kier alpha value is -1.43. The summed E-state index contributed by atoms with van der Waals surface area (Å²) in [5.41, 5.74) is 0.350. The van der Waals surface area contributed by atoms with Gasteiger partial charge in [0.2, 0.25) is 0 Å². The van der Waals surface area contributed by atoms with Crippen LogP contribution < -0.4 is 0 Å². The topological polar surface area (TPSA) is 66.2 Å². The second-order valence-corrected chi connectivity index (χ2v) is 4.10. The van der Waals surface area contributed by atoms with Crippen LogP contribution in [-0.4, -0.2) is 41.3 Å². The minimum absolute atomic E-state index is 0.112. The third kappa shape index (κ3) is 1.99. The number of carbonyl (C=O) groups excluding carboxylic acids is 1. The first-order chi connectivity index (χ1) is 7.13. The van der Waals surface area contributed by atoms with Gasteiger partial charge in [-0.1, -0.05) is 12.1 Å². The Morgan fingerprint density at radius 2 is 2.47 bits per heavy atom. The maximum Gasteiger partial charge on any atom is 0.360 e. The summed E-state index contributed by atoms with van der Waals surface area (Å²) in [6.07, 6.45) is 1.59. The van der Waals surface area contributed by atoms with Crippen molar-refractivity contribution < 1.29 is 14.3 Å². The molecule has 0 unspecified atom stereocenters. The minimum atomic E-state index is -0.462. The number of hydrogen-bond acceptors (Lipinski definition) is 5. The smallest absolute Gasteiger partial charge is 0.360 e. The van der Waals surface area contributed by atoms with E-state index >= 15 is 0 Å². The number of aromatic nitrogens is 3. The third-order valence-corrected chi connectivity index (χ3v) is 2.38. The zero-order chi connectivity index (χ0) is 10.9. The van der Waals surface area contributed by atoms with Gasteiger partial charge in [-0.2, -0.15) is 0 Å². The zero-order valence-corrected chi connectivity index (χ0v) is 8.77. The van der Waals surface area contributed by atoms with E-state index in [0.717, 1.165) is 13.2 Å². The summed E-state index contributed by atoms with van der Waals surface area (Å²) in [7, 11) is 1.32. The van der Waals surface area contributed by atoms with Gasteiger partial charge in [0.05, 0.1) is 33.1 Å². The molecule has 0 saturated carbocycles. The number of carbonyl (C=O) groups is 1. The minimum Gasteiger partial charge on any atom is -0.464 e. The Kier molecular flexibility index (Phi) is 2.44. The van der Waals surface area contributed by atoms with Gasteiger partial charge in [-0.15, -0.1) is 5.10 Å². The van der Waals surface area contributed by atoms with Crippen LogP contribution in [0.5, 0.6) is 0 Å². The molecule has 82 valence electrons. The fourth-order valence-corrected chi connectivity index (χ4v) is 1.51. The lowest BCUT2D eigenvalue weighted by molar-refractivity contribution is -0.111. The quantitative estimate of drug-likeness (QED) is 0.663. The molecule has 1 aromatic heterocycles. The number of esters is 1. The summed E-state index contributed by atoms with van der Waals surface area (Å²) in [5, 5.41) is 7.59. The summed E-state index contributed by atoms with van der Waals surface area (Å²) < 4.78 is 11.3. The molecule has 0 N–H and O–H groups in total. The Balaban J connectivity index is 2.04. The Morgan fingerprint density at radius 1 is 1.73 bits per heavy atom. The van der Waals surface area contributed by atoms with E-state index in [9.17, 15) is 4.79 Å². The van der Waals surface area contributed by atoms with Gasteiger partial charge in [0.1, 0.15) is 0 Å². The van der Waals surface area contributed by atoms with E-state index in [1.54, 1.807) is 10.9 Å². The predicted octanol–water partition coefficient (Wildman–Crippen LogP) is 0.101. The van der Waals surface area contributed by atoms with Gasteiger partial charge in [0.15, 0.2) is 5.69 Å². The van der Waals surface area contributed by atoms with Crippen LogP contribution in [0.3, 0.4) is 0 Å². The van der Waals surface area contributed by atoms with Crippen molar-refractivity contribution in [1.29, 1.82) is 0 Å². The molecular formula is C9H13N3O3. The number of ether oxygens (including phenoxy) is 2. The van der Waals surface area contributed by atoms with E-state index in [1.165, 1.54) is 7.11 Å². The lowest BCUT2D eigenvalue weighted by Crippen LogP contribution is -2.43. The molecule has 0 amide bonds. The maximum absolute atomic E-state index is 11.1. The molecule has 0 spiro atoms. The highest BCUT2D eigenvalue weighted by atomic mass is 16.5. The molecule has 1 aliphatic rings. The molecule has 6 nitrogen and oxygen atoms in total. The highest BCUT2D eigenvalue weighted by Gasteiger charge is 2.34. The van der Waals surface area contributed by atoms with Crippen molar-refractivity contribution in [3.63, 3.8) is 0 Å². The molecule has 0 atom stereocenters.